The van der Waals surface area contributed by atoms with Gasteiger partial charge >= 0.3 is 0 Å². The van der Waals surface area contributed by atoms with E-state index in [1.807, 2.05) is 0 Å². The van der Waals surface area contributed by atoms with Crippen molar-refractivity contribution >= 4 is 17.3 Å². The van der Waals surface area contributed by atoms with Crippen molar-refractivity contribution in [2.75, 3.05) is 24.3 Å². The summed E-state index contributed by atoms with van der Waals surface area (Å²) < 4.78 is 10.7. The average Bonchev–Trinajstić information content (AvgIpc) is 2.18. The predicted molar refractivity (Wildman–Crippen MR) is 56.1 cm³/mol. The third-order valence-electron chi connectivity index (χ3n) is 2.03. The average molecular weight is 208 g/mol. The number of nitrogens with one attached hydrogen (secondary N) is 1. The zero-order valence-corrected chi connectivity index (χ0v) is 8.37. The van der Waals surface area contributed by atoms with Crippen LogP contribution in [0.15, 0.2) is 12.1 Å². The van der Waals surface area contributed by atoms with Crippen LogP contribution in [0.4, 0.5) is 11.4 Å². The van der Waals surface area contributed by atoms with Gasteiger partial charge in [-0.05, 0) is 0 Å². The Balaban J connectivity index is 2.36. The van der Waals surface area contributed by atoms with Gasteiger partial charge in [0.25, 0.3) is 0 Å². The van der Waals surface area contributed by atoms with E-state index in [9.17, 15) is 4.79 Å². The van der Waals surface area contributed by atoms with E-state index < -0.39 is 0 Å². The van der Waals surface area contributed by atoms with Gasteiger partial charge in [0.15, 0.2) is 11.5 Å². The van der Waals surface area contributed by atoms with Crippen LogP contribution in [0.1, 0.15) is 6.92 Å². The summed E-state index contributed by atoms with van der Waals surface area (Å²) in [5.74, 6) is 1.06. The second-order valence-electron chi connectivity index (χ2n) is 3.26. The Morgan fingerprint density at radius 2 is 1.93 bits per heavy atom. The van der Waals surface area contributed by atoms with Crippen LogP contribution in [0.2, 0.25) is 0 Å². The van der Waals surface area contributed by atoms with Gasteiger partial charge in [-0.2, -0.15) is 0 Å². The Kier molecular flexibility index (Phi) is 2.37. The maximum absolute atomic E-state index is 10.9. The molecule has 1 aliphatic heterocycles. The molecule has 5 nitrogen and oxygen atoms in total. The van der Waals surface area contributed by atoms with E-state index in [4.69, 9.17) is 15.2 Å². The summed E-state index contributed by atoms with van der Waals surface area (Å²) in [6, 6.07) is 3.32. The number of anilines is 2. The molecule has 1 amide bonds. The van der Waals surface area contributed by atoms with E-state index >= 15 is 0 Å². The molecule has 1 aliphatic rings. The van der Waals surface area contributed by atoms with Crippen molar-refractivity contribution in [3.63, 3.8) is 0 Å². The number of rotatable bonds is 1. The number of nitrogens with two attached hydrogens (primary N) is 1. The Hall–Kier alpha value is -1.91. The Morgan fingerprint density at radius 3 is 2.53 bits per heavy atom. The maximum atomic E-state index is 10.9. The second-order valence-corrected chi connectivity index (χ2v) is 3.26. The standard InChI is InChI=1S/C10H12N2O3/c1-6(13)12-8-5-10-9(4-7(8)11)14-2-3-15-10/h4-5H,2-3,11H2,1H3,(H,12,13). The smallest absolute Gasteiger partial charge is 0.221 e. The van der Waals surface area contributed by atoms with Crippen LogP contribution in [-0.2, 0) is 4.79 Å². The summed E-state index contributed by atoms with van der Waals surface area (Å²) >= 11 is 0. The zero-order valence-electron chi connectivity index (χ0n) is 8.37. The van der Waals surface area contributed by atoms with Gasteiger partial charge in [0.1, 0.15) is 13.2 Å². The molecule has 0 atom stereocenters. The summed E-state index contributed by atoms with van der Waals surface area (Å²) in [7, 11) is 0. The topological polar surface area (TPSA) is 73.6 Å². The monoisotopic (exact) mass is 208 g/mol. The minimum Gasteiger partial charge on any atom is -0.486 e. The summed E-state index contributed by atoms with van der Waals surface area (Å²) in [4.78, 5) is 10.9. The lowest BCUT2D eigenvalue weighted by Crippen LogP contribution is -2.16. The number of benzene rings is 1. The maximum Gasteiger partial charge on any atom is 0.221 e. The van der Waals surface area contributed by atoms with Crippen molar-refractivity contribution in [3.05, 3.63) is 12.1 Å². The van der Waals surface area contributed by atoms with Crippen LogP contribution < -0.4 is 20.5 Å². The van der Waals surface area contributed by atoms with Crippen molar-refractivity contribution in [1.82, 2.24) is 0 Å². The molecule has 3 N–H and O–H groups in total. The van der Waals surface area contributed by atoms with Crippen molar-refractivity contribution < 1.29 is 14.3 Å². The Bertz CT molecular complexity index is 404. The number of hydrogen-bond acceptors (Lipinski definition) is 4. The molecule has 0 fully saturated rings. The van der Waals surface area contributed by atoms with E-state index in [0.29, 0.717) is 36.1 Å². The van der Waals surface area contributed by atoms with E-state index in [-0.39, 0.29) is 5.91 Å². The number of amides is 1. The molecule has 1 aromatic carbocycles. The lowest BCUT2D eigenvalue weighted by molar-refractivity contribution is -0.114. The van der Waals surface area contributed by atoms with Crippen LogP contribution >= 0.6 is 0 Å². The lowest BCUT2D eigenvalue weighted by Gasteiger charge is -2.20. The highest BCUT2D eigenvalue weighted by molar-refractivity contribution is 5.93. The summed E-state index contributed by atoms with van der Waals surface area (Å²) in [6.07, 6.45) is 0. The van der Waals surface area contributed by atoms with Gasteiger partial charge in [0.2, 0.25) is 5.91 Å². The SMILES string of the molecule is CC(=O)Nc1cc2c(cc1N)OCCO2. The lowest BCUT2D eigenvalue weighted by atomic mass is 10.2. The van der Waals surface area contributed by atoms with E-state index in [2.05, 4.69) is 5.32 Å². The first kappa shape index (κ1) is 9.64. The van der Waals surface area contributed by atoms with Gasteiger partial charge in [0, 0.05) is 19.1 Å². The summed E-state index contributed by atoms with van der Waals surface area (Å²) in [5, 5.41) is 2.62. The third-order valence-corrected chi connectivity index (χ3v) is 2.03. The largest absolute Gasteiger partial charge is 0.486 e. The Labute approximate surface area is 87.2 Å². The molecule has 5 heteroatoms. The first-order valence-electron chi connectivity index (χ1n) is 4.63. The van der Waals surface area contributed by atoms with Crippen LogP contribution in [0.3, 0.4) is 0 Å². The van der Waals surface area contributed by atoms with E-state index in [0.717, 1.165) is 0 Å². The molecule has 0 radical (unpaired) electrons. The van der Waals surface area contributed by atoms with Crippen LogP contribution in [0.5, 0.6) is 11.5 Å². The fraction of sp³-hybridized carbons (Fsp3) is 0.300. The minimum absolute atomic E-state index is 0.168. The highest BCUT2D eigenvalue weighted by Gasteiger charge is 2.14. The molecule has 0 aliphatic carbocycles. The molecule has 1 aromatic rings. The first-order valence-corrected chi connectivity index (χ1v) is 4.63. The number of carbonyl (C=O) groups excluding carboxylic acids is 1. The van der Waals surface area contributed by atoms with Gasteiger partial charge in [-0.25, -0.2) is 0 Å². The highest BCUT2D eigenvalue weighted by atomic mass is 16.6. The predicted octanol–water partition coefficient (Wildman–Crippen LogP) is 0.998. The van der Waals surface area contributed by atoms with Crippen molar-refractivity contribution in [1.29, 1.82) is 0 Å². The fourth-order valence-corrected chi connectivity index (χ4v) is 1.40. The molecule has 0 saturated heterocycles. The minimum atomic E-state index is -0.168. The molecular formula is C10H12N2O3. The van der Waals surface area contributed by atoms with Crippen molar-refractivity contribution in [3.8, 4) is 11.5 Å². The van der Waals surface area contributed by atoms with E-state index in [1.54, 1.807) is 12.1 Å². The molecule has 0 spiro atoms. The van der Waals surface area contributed by atoms with Gasteiger partial charge in [-0.3, -0.25) is 4.79 Å². The van der Waals surface area contributed by atoms with Crippen molar-refractivity contribution in [2.45, 2.75) is 6.92 Å². The molecule has 80 valence electrons. The molecule has 0 saturated carbocycles. The fourth-order valence-electron chi connectivity index (χ4n) is 1.40. The van der Waals surface area contributed by atoms with E-state index in [1.165, 1.54) is 6.92 Å². The summed E-state index contributed by atoms with van der Waals surface area (Å²) in [5.41, 5.74) is 6.76. The van der Waals surface area contributed by atoms with Crippen LogP contribution in [0, 0.1) is 0 Å². The highest BCUT2D eigenvalue weighted by Crippen LogP contribution is 2.36. The first-order chi connectivity index (χ1) is 7.16. The van der Waals surface area contributed by atoms with Gasteiger partial charge < -0.3 is 20.5 Å². The molecule has 2 rings (SSSR count). The van der Waals surface area contributed by atoms with Crippen molar-refractivity contribution in [2.24, 2.45) is 0 Å². The quantitative estimate of drug-likeness (QED) is 0.675. The van der Waals surface area contributed by atoms with Gasteiger partial charge in [-0.15, -0.1) is 0 Å². The normalized spacial score (nSPS) is 13.4. The Morgan fingerprint density at radius 1 is 1.33 bits per heavy atom. The third kappa shape index (κ3) is 1.96. The van der Waals surface area contributed by atoms with Gasteiger partial charge in [0.05, 0.1) is 11.4 Å². The number of ether oxygens (including phenoxy) is 2. The number of nitrogen functional groups attached to an aromatic ring is 1. The molecule has 0 aromatic heterocycles. The second kappa shape index (κ2) is 3.68. The van der Waals surface area contributed by atoms with Crippen LogP contribution in [-0.4, -0.2) is 19.1 Å². The molecule has 0 bridgehead atoms. The molecular weight excluding hydrogens is 196 g/mol. The summed E-state index contributed by atoms with van der Waals surface area (Å²) in [6.45, 7) is 2.46. The number of carbonyl (C=O) groups is 1. The molecule has 1 heterocycles. The molecule has 15 heavy (non-hydrogen) atoms. The van der Waals surface area contributed by atoms with Crippen LogP contribution in [0.25, 0.3) is 0 Å². The van der Waals surface area contributed by atoms with Gasteiger partial charge in [-0.1, -0.05) is 0 Å². The molecule has 0 unspecified atom stereocenters. The number of hydrogen-bond donors (Lipinski definition) is 2. The zero-order chi connectivity index (χ0) is 10.8. The number of fused-ring (bicyclic) bond motifs is 1.